The lowest BCUT2D eigenvalue weighted by Gasteiger charge is -2.26. The van der Waals surface area contributed by atoms with Crippen molar-refractivity contribution in [2.75, 3.05) is 44.7 Å². The minimum atomic E-state index is 0. The number of benzene rings is 1. The first-order valence-electron chi connectivity index (χ1n) is 8.93. The molecular weight excluding hydrogens is 445 g/mol. The van der Waals surface area contributed by atoms with Crippen molar-refractivity contribution in [3.05, 3.63) is 29.8 Å². The maximum atomic E-state index is 12.2. The van der Waals surface area contributed by atoms with Crippen molar-refractivity contribution in [1.29, 1.82) is 0 Å². The standard InChI is InChI=1S/C18H27N5O2.HI/c1-14-12-19-18(21-14)20-13-15-3-2-4-16(11-15)22-17(24)5-6-23-7-9-25-10-8-23;/h2-4,11,14H,5-10,12-13H2,1H3,(H,22,24)(H2,19,20,21);1H. The number of hydrogen-bond acceptors (Lipinski definition) is 6. The van der Waals surface area contributed by atoms with Gasteiger partial charge in [0.2, 0.25) is 5.91 Å². The molecule has 26 heavy (non-hydrogen) atoms. The van der Waals surface area contributed by atoms with E-state index in [4.69, 9.17) is 4.74 Å². The number of guanidine groups is 1. The van der Waals surface area contributed by atoms with Gasteiger partial charge < -0.3 is 20.7 Å². The molecule has 1 amide bonds. The zero-order valence-electron chi connectivity index (χ0n) is 15.2. The molecule has 1 fully saturated rings. The molecule has 1 aromatic carbocycles. The summed E-state index contributed by atoms with van der Waals surface area (Å²) in [4.78, 5) is 18.8. The summed E-state index contributed by atoms with van der Waals surface area (Å²) < 4.78 is 5.32. The van der Waals surface area contributed by atoms with E-state index in [1.165, 1.54) is 0 Å². The van der Waals surface area contributed by atoms with Crippen molar-refractivity contribution in [3.8, 4) is 0 Å². The number of halogens is 1. The molecule has 2 aliphatic rings. The van der Waals surface area contributed by atoms with Gasteiger partial charge in [-0.1, -0.05) is 12.1 Å². The van der Waals surface area contributed by atoms with E-state index < -0.39 is 0 Å². The molecule has 0 aromatic heterocycles. The number of anilines is 1. The number of rotatable bonds is 6. The number of nitrogens with zero attached hydrogens (tertiary/aromatic N) is 2. The minimum absolute atomic E-state index is 0. The van der Waals surface area contributed by atoms with Gasteiger partial charge in [-0.05, 0) is 24.6 Å². The first-order chi connectivity index (χ1) is 12.2. The van der Waals surface area contributed by atoms with Gasteiger partial charge in [-0.2, -0.15) is 0 Å². The third-order valence-electron chi connectivity index (χ3n) is 4.34. The SMILES string of the molecule is CC1CN=C(NCc2cccc(NC(=O)CCN3CCOCC3)c2)N1.I. The number of ether oxygens (including phenoxy) is 1. The van der Waals surface area contributed by atoms with Crippen LogP contribution >= 0.6 is 24.0 Å². The van der Waals surface area contributed by atoms with Crippen LogP contribution in [-0.2, 0) is 16.1 Å². The Balaban J connectivity index is 0.00000243. The molecule has 0 saturated carbocycles. The molecule has 1 aromatic rings. The van der Waals surface area contributed by atoms with Crippen LogP contribution < -0.4 is 16.0 Å². The zero-order valence-corrected chi connectivity index (χ0v) is 17.5. The third-order valence-corrected chi connectivity index (χ3v) is 4.34. The van der Waals surface area contributed by atoms with Crippen LogP contribution in [-0.4, -0.2) is 62.2 Å². The van der Waals surface area contributed by atoms with Gasteiger partial charge >= 0.3 is 0 Å². The summed E-state index contributed by atoms with van der Waals surface area (Å²) in [5.74, 6) is 0.889. The van der Waals surface area contributed by atoms with Gasteiger partial charge in [-0.25, -0.2) is 0 Å². The Kier molecular flexibility index (Phi) is 8.60. The molecule has 7 nitrogen and oxygen atoms in total. The molecular formula is C18H28IN5O2. The number of carbonyl (C=O) groups excluding carboxylic acids is 1. The lowest BCUT2D eigenvalue weighted by atomic mass is 10.2. The lowest BCUT2D eigenvalue weighted by Crippen LogP contribution is -2.38. The highest BCUT2D eigenvalue weighted by Crippen LogP contribution is 2.11. The van der Waals surface area contributed by atoms with Crippen LogP contribution in [0.25, 0.3) is 0 Å². The first kappa shape index (κ1) is 20.9. The number of hydrogen-bond donors (Lipinski definition) is 3. The van der Waals surface area contributed by atoms with Gasteiger partial charge in [-0.15, -0.1) is 24.0 Å². The molecule has 1 unspecified atom stereocenters. The smallest absolute Gasteiger partial charge is 0.225 e. The van der Waals surface area contributed by atoms with E-state index in [9.17, 15) is 4.79 Å². The highest BCUT2D eigenvalue weighted by Gasteiger charge is 2.13. The van der Waals surface area contributed by atoms with Crippen molar-refractivity contribution < 1.29 is 9.53 Å². The fourth-order valence-electron chi connectivity index (χ4n) is 2.91. The fraction of sp³-hybridized carbons (Fsp3) is 0.556. The molecule has 144 valence electrons. The predicted octanol–water partition coefficient (Wildman–Crippen LogP) is 1.40. The summed E-state index contributed by atoms with van der Waals surface area (Å²) in [6.45, 7) is 7.70. The lowest BCUT2D eigenvalue weighted by molar-refractivity contribution is -0.116. The van der Waals surface area contributed by atoms with Gasteiger partial charge in [0.25, 0.3) is 0 Å². The molecule has 3 rings (SSSR count). The number of morpholine rings is 1. The second-order valence-electron chi connectivity index (χ2n) is 6.54. The summed E-state index contributed by atoms with van der Waals surface area (Å²) in [5, 5.41) is 9.55. The monoisotopic (exact) mass is 473 g/mol. The molecule has 8 heteroatoms. The van der Waals surface area contributed by atoms with Crippen molar-refractivity contribution >= 4 is 41.5 Å². The highest BCUT2D eigenvalue weighted by atomic mass is 127. The highest BCUT2D eigenvalue weighted by molar-refractivity contribution is 14.0. The van der Waals surface area contributed by atoms with Crippen LogP contribution in [0, 0.1) is 0 Å². The predicted molar refractivity (Wildman–Crippen MR) is 114 cm³/mol. The summed E-state index contributed by atoms with van der Waals surface area (Å²) in [5.41, 5.74) is 1.94. The normalized spacial score (nSPS) is 19.9. The third kappa shape index (κ3) is 6.73. The van der Waals surface area contributed by atoms with E-state index in [1.807, 2.05) is 24.3 Å². The topological polar surface area (TPSA) is 78.0 Å². The molecule has 2 aliphatic heterocycles. The first-order valence-corrected chi connectivity index (χ1v) is 8.93. The van der Waals surface area contributed by atoms with Crippen LogP contribution in [0.5, 0.6) is 0 Å². The van der Waals surface area contributed by atoms with Crippen molar-refractivity contribution in [2.45, 2.75) is 25.9 Å². The van der Waals surface area contributed by atoms with Crippen LogP contribution in [0.2, 0.25) is 0 Å². The van der Waals surface area contributed by atoms with E-state index in [2.05, 4.69) is 32.8 Å². The van der Waals surface area contributed by atoms with Crippen LogP contribution in [0.15, 0.2) is 29.3 Å². The zero-order chi connectivity index (χ0) is 17.5. The van der Waals surface area contributed by atoms with Crippen molar-refractivity contribution in [2.24, 2.45) is 4.99 Å². The molecule has 2 heterocycles. The number of amides is 1. The second-order valence-corrected chi connectivity index (χ2v) is 6.54. The van der Waals surface area contributed by atoms with E-state index in [0.29, 0.717) is 19.0 Å². The Morgan fingerprint density at radius 2 is 2.19 bits per heavy atom. The summed E-state index contributed by atoms with van der Waals surface area (Å²) in [7, 11) is 0. The number of aliphatic imine (C=N–C) groups is 1. The molecule has 1 atom stereocenters. The van der Waals surface area contributed by atoms with Crippen molar-refractivity contribution in [3.63, 3.8) is 0 Å². The summed E-state index contributed by atoms with van der Waals surface area (Å²) in [6.07, 6.45) is 0.501. The van der Waals surface area contributed by atoms with Gasteiger partial charge in [0.1, 0.15) is 0 Å². The Morgan fingerprint density at radius 1 is 1.38 bits per heavy atom. The van der Waals surface area contributed by atoms with Crippen LogP contribution in [0.1, 0.15) is 18.9 Å². The Labute approximate surface area is 172 Å². The summed E-state index contributed by atoms with van der Waals surface area (Å²) >= 11 is 0. The largest absolute Gasteiger partial charge is 0.379 e. The van der Waals surface area contributed by atoms with Crippen LogP contribution in [0.4, 0.5) is 5.69 Å². The average Bonchev–Trinajstić information content (AvgIpc) is 3.05. The van der Waals surface area contributed by atoms with E-state index in [1.54, 1.807) is 0 Å². The fourth-order valence-corrected chi connectivity index (χ4v) is 2.91. The average molecular weight is 473 g/mol. The van der Waals surface area contributed by atoms with Gasteiger partial charge in [0.05, 0.1) is 19.8 Å². The second kappa shape index (κ2) is 10.7. The van der Waals surface area contributed by atoms with Gasteiger partial charge in [0.15, 0.2) is 5.96 Å². The molecule has 1 saturated heterocycles. The quantitative estimate of drug-likeness (QED) is 0.545. The molecule has 0 spiro atoms. The minimum Gasteiger partial charge on any atom is -0.379 e. The molecule has 0 aliphatic carbocycles. The Morgan fingerprint density at radius 3 is 2.92 bits per heavy atom. The van der Waals surface area contributed by atoms with Gasteiger partial charge in [0, 0.05) is 44.3 Å². The molecule has 0 radical (unpaired) electrons. The van der Waals surface area contributed by atoms with Crippen molar-refractivity contribution in [1.82, 2.24) is 15.5 Å². The summed E-state index contributed by atoms with van der Waals surface area (Å²) in [6, 6.07) is 8.30. The Bertz CT molecular complexity index is 619. The van der Waals surface area contributed by atoms with E-state index in [0.717, 1.165) is 56.6 Å². The Hall–Kier alpha value is -1.39. The maximum absolute atomic E-state index is 12.2. The van der Waals surface area contributed by atoms with E-state index >= 15 is 0 Å². The molecule has 0 bridgehead atoms. The maximum Gasteiger partial charge on any atom is 0.225 e. The van der Waals surface area contributed by atoms with Crippen LogP contribution in [0.3, 0.4) is 0 Å². The molecule has 3 N–H and O–H groups in total. The number of nitrogens with one attached hydrogen (secondary N) is 3. The number of carbonyl (C=O) groups is 1. The van der Waals surface area contributed by atoms with Gasteiger partial charge in [-0.3, -0.25) is 14.7 Å². The van der Waals surface area contributed by atoms with E-state index in [-0.39, 0.29) is 29.9 Å².